The Balaban J connectivity index is 1.69. The molecule has 2 aromatic rings. The number of nitrogens with one attached hydrogen (secondary N) is 1. The van der Waals surface area contributed by atoms with E-state index in [0.29, 0.717) is 5.95 Å². The Bertz CT molecular complexity index is 726. The van der Waals surface area contributed by atoms with E-state index in [4.69, 9.17) is 4.74 Å². The van der Waals surface area contributed by atoms with Crippen LogP contribution < -0.4 is 10.2 Å². The quantitative estimate of drug-likeness (QED) is 0.841. The average molecular weight is 344 g/mol. The summed E-state index contributed by atoms with van der Waals surface area (Å²) in [6.07, 6.45) is 5.36. The second kappa shape index (κ2) is 7.92. The fourth-order valence-corrected chi connectivity index (χ4v) is 2.96. The van der Waals surface area contributed by atoms with Gasteiger partial charge in [0, 0.05) is 37.2 Å². The number of piperidine rings is 1. The standard InChI is InChI=1S/C18H21FN4O2/c1-2-25-17(24)15-7-6-14(11-16(15)19)23-10-3-5-13(12-23)22-18-20-8-4-9-21-18/h4,6-9,11,13H,2-3,5,10,12H2,1H3,(H,20,21,22)/t13-/m0/s1. The second-order valence-corrected chi connectivity index (χ2v) is 5.89. The molecule has 6 nitrogen and oxygen atoms in total. The van der Waals surface area contributed by atoms with Gasteiger partial charge in [0.25, 0.3) is 0 Å². The molecule has 1 aliphatic rings. The number of hydrogen-bond donors (Lipinski definition) is 1. The summed E-state index contributed by atoms with van der Waals surface area (Å²) in [5, 5.41) is 3.31. The van der Waals surface area contributed by atoms with E-state index in [1.807, 2.05) is 0 Å². The number of aromatic nitrogens is 2. The lowest BCUT2D eigenvalue weighted by molar-refractivity contribution is 0.0521. The summed E-state index contributed by atoms with van der Waals surface area (Å²) in [7, 11) is 0. The van der Waals surface area contributed by atoms with E-state index in [-0.39, 0.29) is 18.2 Å². The third-order valence-electron chi connectivity index (χ3n) is 4.13. The molecule has 1 saturated heterocycles. The lowest BCUT2D eigenvalue weighted by Gasteiger charge is -2.34. The molecule has 0 unspecified atom stereocenters. The summed E-state index contributed by atoms with van der Waals surface area (Å²) >= 11 is 0. The van der Waals surface area contributed by atoms with Crippen LogP contribution in [-0.4, -0.2) is 41.7 Å². The smallest absolute Gasteiger partial charge is 0.341 e. The van der Waals surface area contributed by atoms with Crippen molar-refractivity contribution >= 4 is 17.6 Å². The molecule has 1 aromatic carbocycles. The van der Waals surface area contributed by atoms with Gasteiger partial charge in [-0.25, -0.2) is 19.2 Å². The molecule has 1 atom stereocenters. The minimum atomic E-state index is -0.633. The highest BCUT2D eigenvalue weighted by Crippen LogP contribution is 2.24. The van der Waals surface area contributed by atoms with Gasteiger partial charge in [0.05, 0.1) is 12.2 Å². The second-order valence-electron chi connectivity index (χ2n) is 5.89. The first-order valence-electron chi connectivity index (χ1n) is 8.42. The molecule has 3 rings (SSSR count). The minimum Gasteiger partial charge on any atom is -0.462 e. The van der Waals surface area contributed by atoms with Crippen molar-refractivity contribution in [3.05, 3.63) is 48.0 Å². The van der Waals surface area contributed by atoms with Crippen molar-refractivity contribution in [2.24, 2.45) is 0 Å². The van der Waals surface area contributed by atoms with Gasteiger partial charge in [0.15, 0.2) is 0 Å². The molecule has 0 amide bonds. The maximum atomic E-state index is 14.3. The van der Waals surface area contributed by atoms with E-state index in [9.17, 15) is 9.18 Å². The molecule has 0 bridgehead atoms. The van der Waals surface area contributed by atoms with Crippen LogP contribution in [0.25, 0.3) is 0 Å². The molecule has 0 radical (unpaired) electrons. The van der Waals surface area contributed by atoms with E-state index < -0.39 is 11.8 Å². The summed E-state index contributed by atoms with van der Waals surface area (Å²) in [5.74, 6) is -0.596. The van der Waals surface area contributed by atoms with Gasteiger partial charge in [0.2, 0.25) is 5.95 Å². The van der Waals surface area contributed by atoms with Gasteiger partial charge in [-0.05, 0) is 44.0 Å². The number of rotatable bonds is 5. The first-order valence-corrected chi connectivity index (χ1v) is 8.42. The number of halogens is 1. The lowest BCUT2D eigenvalue weighted by atomic mass is 10.0. The van der Waals surface area contributed by atoms with Crippen LogP contribution in [0.1, 0.15) is 30.1 Å². The summed E-state index contributed by atoms with van der Waals surface area (Å²) in [5.41, 5.74) is 0.723. The van der Waals surface area contributed by atoms with Crippen molar-refractivity contribution < 1.29 is 13.9 Å². The molecule has 1 aliphatic heterocycles. The van der Waals surface area contributed by atoms with Crippen molar-refractivity contribution in [2.75, 3.05) is 29.9 Å². The van der Waals surface area contributed by atoms with Crippen LogP contribution >= 0.6 is 0 Å². The van der Waals surface area contributed by atoms with Crippen LogP contribution in [0.3, 0.4) is 0 Å². The van der Waals surface area contributed by atoms with Crippen molar-refractivity contribution in [2.45, 2.75) is 25.8 Å². The zero-order valence-electron chi connectivity index (χ0n) is 14.1. The monoisotopic (exact) mass is 344 g/mol. The first kappa shape index (κ1) is 17.1. The number of carbonyl (C=O) groups excluding carboxylic acids is 1. The number of anilines is 2. The lowest BCUT2D eigenvalue weighted by Crippen LogP contribution is -2.42. The molecule has 2 heterocycles. The number of carbonyl (C=O) groups is 1. The van der Waals surface area contributed by atoms with Crippen molar-refractivity contribution in [3.8, 4) is 0 Å². The molecule has 132 valence electrons. The van der Waals surface area contributed by atoms with Gasteiger partial charge < -0.3 is 15.0 Å². The van der Waals surface area contributed by atoms with Gasteiger partial charge >= 0.3 is 5.97 Å². The van der Waals surface area contributed by atoms with E-state index in [1.54, 1.807) is 31.5 Å². The van der Waals surface area contributed by atoms with Crippen molar-refractivity contribution in [3.63, 3.8) is 0 Å². The van der Waals surface area contributed by atoms with Gasteiger partial charge in [-0.3, -0.25) is 0 Å². The van der Waals surface area contributed by atoms with Crippen LogP contribution in [-0.2, 0) is 4.74 Å². The molecule has 1 aromatic heterocycles. The van der Waals surface area contributed by atoms with Crippen molar-refractivity contribution in [1.29, 1.82) is 0 Å². The molecule has 25 heavy (non-hydrogen) atoms. The number of nitrogens with zero attached hydrogens (tertiary/aromatic N) is 3. The Kier molecular flexibility index (Phi) is 5.42. The molecule has 1 fully saturated rings. The Hall–Kier alpha value is -2.70. The molecular weight excluding hydrogens is 323 g/mol. The fourth-order valence-electron chi connectivity index (χ4n) is 2.96. The van der Waals surface area contributed by atoms with Crippen LogP contribution in [0.15, 0.2) is 36.7 Å². The maximum absolute atomic E-state index is 14.3. The highest BCUT2D eigenvalue weighted by molar-refractivity contribution is 5.90. The predicted octanol–water partition coefficient (Wildman–Crippen LogP) is 2.87. The predicted molar refractivity (Wildman–Crippen MR) is 93.2 cm³/mol. The SMILES string of the molecule is CCOC(=O)c1ccc(N2CCC[C@H](Nc3ncccn3)C2)cc1F. The van der Waals surface area contributed by atoms with E-state index in [0.717, 1.165) is 31.6 Å². The zero-order valence-corrected chi connectivity index (χ0v) is 14.1. The van der Waals surface area contributed by atoms with E-state index >= 15 is 0 Å². The summed E-state index contributed by atoms with van der Waals surface area (Å²) in [4.78, 5) is 22.2. The van der Waals surface area contributed by atoms with Gasteiger partial charge in [-0.1, -0.05) is 0 Å². The third-order valence-corrected chi connectivity index (χ3v) is 4.13. The highest BCUT2D eigenvalue weighted by atomic mass is 19.1. The van der Waals surface area contributed by atoms with Gasteiger partial charge in [-0.15, -0.1) is 0 Å². The average Bonchev–Trinajstić information content (AvgIpc) is 2.63. The Morgan fingerprint density at radius 1 is 1.40 bits per heavy atom. The largest absolute Gasteiger partial charge is 0.462 e. The number of ether oxygens (including phenoxy) is 1. The molecule has 0 spiro atoms. The molecule has 1 N–H and O–H groups in total. The molecule has 0 aliphatic carbocycles. The number of esters is 1. The number of hydrogen-bond acceptors (Lipinski definition) is 6. The molecule has 0 saturated carbocycles. The van der Waals surface area contributed by atoms with Crippen LogP contribution in [0.5, 0.6) is 0 Å². The van der Waals surface area contributed by atoms with Crippen LogP contribution in [0.4, 0.5) is 16.0 Å². The molecular formula is C18H21FN4O2. The Morgan fingerprint density at radius 3 is 2.92 bits per heavy atom. The maximum Gasteiger partial charge on any atom is 0.341 e. The Labute approximate surface area is 146 Å². The third kappa shape index (κ3) is 4.23. The zero-order chi connectivity index (χ0) is 17.6. The van der Waals surface area contributed by atoms with Gasteiger partial charge in [0.1, 0.15) is 5.82 Å². The fraction of sp³-hybridized carbons (Fsp3) is 0.389. The van der Waals surface area contributed by atoms with Crippen LogP contribution in [0.2, 0.25) is 0 Å². The van der Waals surface area contributed by atoms with Crippen molar-refractivity contribution in [1.82, 2.24) is 9.97 Å². The van der Waals surface area contributed by atoms with Gasteiger partial charge in [-0.2, -0.15) is 0 Å². The summed E-state index contributed by atoms with van der Waals surface area (Å²) in [6.45, 7) is 3.48. The van der Waals surface area contributed by atoms with E-state index in [1.165, 1.54) is 12.1 Å². The molecule has 7 heteroatoms. The number of benzene rings is 1. The highest BCUT2D eigenvalue weighted by Gasteiger charge is 2.22. The minimum absolute atomic E-state index is 0.0324. The normalized spacial score (nSPS) is 17.2. The topological polar surface area (TPSA) is 67.3 Å². The van der Waals surface area contributed by atoms with E-state index in [2.05, 4.69) is 20.2 Å². The summed E-state index contributed by atoms with van der Waals surface area (Å²) < 4.78 is 19.1. The first-order chi connectivity index (χ1) is 12.2. The summed E-state index contributed by atoms with van der Waals surface area (Å²) in [6, 6.07) is 6.60. The Morgan fingerprint density at radius 2 is 2.20 bits per heavy atom. The van der Waals surface area contributed by atoms with Crippen LogP contribution in [0, 0.1) is 5.82 Å².